The lowest BCUT2D eigenvalue weighted by molar-refractivity contribution is -0.134. The molecule has 1 aromatic heterocycles. The number of likely N-dealkylation sites (N-methyl/N-ethyl adjacent to an activating group) is 1. The Kier molecular flexibility index (Phi) is 5.60. The molecule has 3 aromatic rings. The summed E-state index contributed by atoms with van der Waals surface area (Å²) in [6.07, 6.45) is 1.06. The highest BCUT2D eigenvalue weighted by atomic mass is 16.6. The Balaban J connectivity index is 1.30. The topological polar surface area (TPSA) is 86.9 Å². The van der Waals surface area contributed by atoms with E-state index in [2.05, 4.69) is 10.2 Å². The second kappa shape index (κ2) is 8.64. The van der Waals surface area contributed by atoms with Crippen LogP contribution in [0.4, 0.5) is 0 Å². The molecule has 150 valence electrons. The molecule has 0 spiro atoms. The van der Waals surface area contributed by atoms with E-state index in [9.17, 15) is 4.79 Å². The van der Waals surface area contributed by atoms with Crippen LogP contribution in [0, 0.1) is 0 Å². The van der Waals surface area contributed by atoms with Crippen LogP contribution in [0.1, 0.15) is 6.92 Å². The van der Waals surface area contributed by atoms with Gasteiger partial charge in [0.2, 0.25) is 12.3 Å². The van der Waals surface area contributed by atoms with Crippen molar-refractivity contribution in [3.63, 3.8) is 0 Å². The molecule has 8 heteroatoms. The minimum Gasteiger partial charge on any atom is -0.486 e. The lowest BCUT2D eigenvalue weighted by atomic mass is 10.2. The van der Waals surface area contributed by atoms with Crippen molar-refractivity contribution < 1.29 is 23.4 Å². The van der Waals surface area contributed by atoms with Gasteiger partial charge in [-0.15, -0.1) is 10.2 Å². The van der Waals surface area contributed by atoms with Crippen molar-refractivity contribution in [2.24, 2.45) is 0 Å². The first kappa shape index (κ1) is 18.8. The van der Waals surface area contributed by atoms with Gasteiger partial charge in [-0.25, -0.2) is 0 Å². The third-order valence-electron chi connectivity index (χ3n) is 4.55. The molecule has 1 amide bonds. The SMILES string of the molecule is CCN(C[C@H]1COc2ccccc2O1)C(=O)COc1ccc(-c2nnco2)cc1. The van der Waals surface area contributed by atoms with Crippen molar-refractivity contribution in [3.05, 3.63) is 54.9 Å². The molecule has 0 bridgehead atoms. The molecule has 1 aliphatic rings. The molecule has 29 heavy (non-hydrogen) atoms. The van der Waals surface area contributed by atoms with Crippen LogP contribution in [0.15, 0.2) is 59.3 Å². The molecule has 2 heterocycles. The maximum atomic E-state index is 12.6. The summed E-state index contributed by atoms with van der Waals surface area (Å²) in [6, 6.07) is 14.6. The molecule has 1 atom stereocenters. The number of carbonyl (C=O) groups excluding carboxylic acids is 1. The summed E-state index contributed by atoms with van der Waals surface area (Å²) in [5, 5.41) is 7.51. The lowest BCUT2D eigenvalue weighted by Crippen LogP contribution is -2.45. The highest BCUT2D eigenvalue weighted by Gasteiger charge is 2.25. The fourth-order valence-corrected chi connectivity index (χ4v) is 3.04. The van der Waals surface area contributed by atoms with Crippen LogP contribution in [-0.2, 0) is 4.79 Å². The van der Waals surface area contributed by atoms with E-state index in [0.29, 0.717) is 37.1 Å². The van der Waals surface area contributed by atoms with Gasteiger partial charge in [0.25, 0.3) is 5.91 Å². The third kappa shape index (κ3) is 4.48. The van der Waals surface area contributed by atoms with Crippen molar-refractivity contribution in [3.8, 4) is 28.7 Å². The van der Waals surface area contributed by atoms with Crippen LogP contribution in [0.5, 0.6) is 17.2 Å². The van der Waals surface area contributed by atoms with Crippen molar-refractivity contribution >= 4 is 5.91 Å². The number of amides is 1. The average Bonchev–Trinajstić information content (AvgIpc) is 3.31. The van der Waals surface area contributed by atoms with Crippen molar-refractivity contribution in [1.82, 2.24) is 15.1 Å². The van der Waals surface area contributed by atoms with Gasteiger partial charge in [0.15, 0.2) is 24.2 Å². The zero-order valence-electron chi connectivity index (χ0n) is 16.0. The standard InChI is InChI=1S/C21H21N3O5/c1-2-24(11-17-12-27-18-5-3-4-6-19(18)29-17)20(25)13-26-16-9-7-15(8-10-16)21-23-22-14-28-21/h3-10,14,17H,2,11-13H2,1H3/t17-/m0/s1. The fraction of sp³-hybridized carbons (Fsp3) is 0.286. The number of ether oxygens (including phenoxy) is 3. The summed E-state index contributed by atoms with van der Waals surface area (Å²) >= 11 is 0. The van der Waals surface area contributed by atoms with Gasteiger partial charge in [-0.05, 0) is 43.3 Å². The molecule has 0 saturated carbocycles. The molecule has 0 unspecified atom stereocenters. The number of para-hydroxylation sites is 2. The first-order valence-corrected chi connectivity index (χ1v) is 9.38. The lowest BCUT2D eigenvalue weighted by Gasteiger charge is -2.30. The molecular formula is C21H21N3O5. The molecule has 8 nitrogen and oxygen atoms in total. The van der Waals surface area contributed by atoms with Crippen LogP contribution in [0.3, 0.4) is 0 Å². The maximum absolute atomic E-state index is 12.6. The number of aromatic nitrogens is 2. The van der Waals surface area contributed by atoms with E-state index >= 15 is 0 Å². The summed E-state index contributed by atoms with van der Waals surface area (Å²) < 4.78 is 22.5. The van der Waals surface area contributed by atoms with Crippen molar-refractivity contribution in [1.29, 1.82) is 0 Å². The smallest absolute Gasteiger partial charge is 0.260 e. The second-order valence-corrected chi connectivity index (χ2v) is 6.49. The molecule has 0 aliphatic carbocycles. The van der Waals surface area contributed by atoms with E-state index in [4.69, 9.17) is 18.6 Å². The zero-order chi connectivity index (χ0) is 20.1. The summed E-state index contributed by atoms with van der Waals surface area (Å²) in [5.41, 5.74) is 0.783. The van der Waals surface area contributed by atoms with Gasteiger partial charge in [-0.3, -0.25) is 4.79 Å². The van der Waals surface area contributed by atoms with E-state index in [1.807, 2.05) is 31.2 Å². The Labute approximate surface area is 168 Å². The Morgan fingerprint density at radius 3 is 2.69 bits per heavy atom. The minimum atomic E-state index is -0.220. The number of fused-ring (bicyclic) bond motifs is 1. The average molecular weight is 395 g/mol. The Morgan fingerprint density at radius 1 is 1.17 bits per heavy atom. The number of rotatable bonds is 7. The van der Waals surface area contributed by atoms with Gasteiger partial charge in [0.05, 0.1) is 6.54 Å². The zero-order valence-corrected chi connectivity index (χ0v) is 16.0. The summed E-state index contributed by atoms with van der Waals surface area (Å²) in [4.78, 5) is 14.3. The fourth-order valence-electron chi connectivity index (χ4n) is 3.04. The molecule has 0 fully saturated rings. The summed E-state index contributed by atoms with van der Waals surface area (Å²) in [6.45, 7) is 3.26. The molecule has 2 aromatic carbocycles. The first-order chi connectivity index (χ1) is 14.2. The van der Waals surface area contributed by atoms with Gasteiger partial charge in [0, 0.05) is 12.1 Å². The normalized spacial score (nSPS) is 15.0. The third-order valence-corrected chi connectivity index (χ3v) is 4.55. The first-order valence-electron chi connectivity index (χ1n) is 9.38. The highest BCUT2D eigenvalue weighted by Crippen LogP contribution is 2.31. The van der Waals surface area contributed by atoms with E-state index in [1.54, 1.807) is 29.2 Å². The molecular weight excluding hydrogens is 374 g/mol. The molecule has 0 N–H and O–H groups in total. The largest absolute Gasteiger partial charge is 0.486 e. The van der Waals surface area contributed by atoms with E-state index in [0.717, 1.165) is 11.3 Å². The van der Waals surface area contributed by atoms with Gasteiger partial charge in [0.1, 0.15) is 12.4 Å². The number of carbonyl (C=O) groups is 1. The quantitative estimate of drug-likeness (QED) is 0.608. The van der Waals surface area contributed by atoms with Gasteiger partial charge in [-0.1, -0.05) is 12.1 Å². The molecule has 4 rings (SSSR count). The van der Waals surface area contributed by atoms with Crippen LogP contribution in [0.25, 0.3) is 11.5 Å². The van der Waals surface area contributed by atoms with E-state index < -0.39 is 0 Å². The Bertz CT molecular complexity index is 943. The Hall–Kier alpha value is -3.55. The summed E-state index contributed by atoms with van der Waals surface area (Å²) in [7, 11) is 0. The number of hydrogen-bond donors (Lipinski definition) is 0. The van der Waals surface area contributed by atoms with Crippen molar-refractivity contribution in [2.75, 3.05) is 26.3 Å². The summed E-state index contributed by atoms with van der Waals surface area (Å²) in [5.74, 6) is 2.33. The van der Waals surface area contributed by atoms with Crippen LogP contribution >= 0.6 is 0 Å². The second-order valence-electron chi connectivity index (χ2n) is 6.49. The molecule has 0 saturated heterocycles. The minimum absolute atomic E-state index is 0.0576. The van der Waals surface area contributed by atoms with Crippen molar-refractivity contribution in [2.45, 2.75) is 13.0 Å². The van der Waals surface area contributed by atoms with E-state index in [-0.39, 0.29) is 18.6 Å². The Morgan fingerprint density at radius 2 is 1.97 bits per heavy atom. The predicted molar refractivity (Wildman–Crippen MR) is 104 cm³/mol. The monoisotopic (exact) mass is 395 g/mol. The molecule has 0 radical (unpaired) electrons. The predicted octanol–water partition coefficient (Wildman–Crippen LogP) is 2.80. The van der Waals surface area contributed by atoms with Gasteiger partial charge in [-0.2, -0.15) is 0 Å². The highest BCUT2D eigenvalue weighted by molar-refractivity contribution is 5.77. The number of benzene rings is 2. The number of hydrogen-bond acceptors (Lipinski definition) is 7. The van der Waals surface area contributed by atoms with Gasteiger partial charge >= 0.3 is 0 Å². The van der Waals surface area contributed by atoms with E-state index in [1.165, 1.54) is 6.39 Å². The van der Waals surface area contributed by atoms with Crippen LogP contribution < -0.4 is 14.2 Å². The molecule has 1 aliphatic heterocycles. The van der Waals surface area contributed by atoms with Gasteiger partial charge < -0.3 is 23.5 Å². The van der Waals surface area contributed by atoms with Crippen LogP contribution in [-0.4, -0.2) is 53.4 Å². The van der Waals surface area contributed by atoms with Crippen LogP contribution in [0.2, 0.25) is 0 Å². The number of nitrogens with zero attached hydrogens (tertiary/aromatic N) is 3. The maximum Gasteiger partial charge on any atom is 0.260 e.